The van der Waals surface area contributed by atoms with Gasteiger partial charge < -0.3 is 14.7 Å². The second-order valence-electron chi connectivity index (χ2n) is 4.66. The summed E-state index contributed by atoms with van der Waals surface area (Å²) in [5, 5.41) is 9.02. The van der Waals surface area contributed by atoms with Gasteiger partial charge in [0.25, 0.3) is 0 Å². The third kappa shape index (κ3) is 2.69. The highest BCUT2D eigenvalue weighted by Crippen LogP contribution is 2.20. The van der Waals surface area contributed by atoms with Crippen molar-refractivity contribution in [3.8, 4) is 0 Å². The third-order valence-corrected chi connectivity index (χ3v) is 3.51. The Morgan fingerprint density at radius 2 is 1.93 bits per heavy atom. The zero-order chi connectivity index (χ0) is 9.80. The van der Waals surface area contributed by atoms with Gasteiger partial charge in [0.2, 0.25) is 0 Å². The summed E-state index contributed by atoms with van der Waals surface area (Å²) in [6.07, 6.45) is 3.58. The average molecular weight is 199 g/mol. The van der Waals surface area contributed by atoms with Crippen molar-refractivity contribution >= 4 is 0 Å². The molecule has 0 aromatic carbocycles. The second-order valence-corrected chi connectivity index (χ2v) is 4.66. The molecular formula is C11H21NO2. The molecule has 82 valence electrons. The summed E-state index contributed by atoms with van der Waals surface area (Å²) in [6.45, 7) is 5.83. The Kier molecular flexibility index (Phi) is 3.79. The van der Waals surface area contributed by atoms with Gasteiger partial charge in [-0.3, -0.25) is 0 Å². The van der Waals surface area contributed by atoms with Crippen molar-refractivity contribution in [2.24, 2.45) is 11.8 Å². The first-order valence-corrected chi connectivity index (χ1v) is 5.79. The van der Waals surface area contributed by atoms with Crippen LogP contribution in [0.25, 0.3) is 0 Å². The Labute approximate surface area is 86.0 Å². The highest BCUT2D eigenvalue weighted by molar-refractivity contribution is 4.75. The van der Waals surface area contributed by atoms with Gasteiger partial charge in [-0.25, -0.2) is 0 Å². The molecule has 0 bridgehead atoms. The Morgan fingerprint density at radius 1 is 1.14 bits per heavy atom. The van der Waals surface area contributed by atoms with Crippen LogP contribution in [0.3, 0.4) is 0 Å². The molecule has 0 aliphatic carbocycles. The minimum absolute atomic E-state index is 0.375. The van der Waals surface area contributed by atoms with Crippen LogP contribution in [0.15, 0.2) is 0 Å². The SMILES string of the molecule is OCC1CCN(CC2CCOC2)CC1. The maximum absolute atomic E-state index is 9.02. The smallest absolute Gasteiger partial charge is 0.0507 e. The predicted molar refractivity (Wildman–Crippen MR) is 55.2 cm³/mol. The van der Waals surface area contributed by atoms with Crippen LogP contribution in [0.4, 0.5) is 0 Å². The molecule has 0 amide bonds. The molecular weight excluding hydrogens is 178 g/mol. The lowest BCUT2D eigenvalue weighted by Gasteiger charge is -2.32. The Morgan fingerprint density at radius 3 is 2.50 bits per heavy atom. The maximum Gasteiger partial charge on any atom is 0.0507 e. The van der Waals surface area contributed by atoms with Crippen molar-refractivity contribution in [1.82, 2.24) is 4.90 Å². The summed E-state index contributed by atoms with van der Waals surface area (Å²) < 4.78 is 5.37. The lowest BCUT2D eigenvalue weighted by Crippen LogP contribution is -2.38. The number of rotatable bonds is 3. The Hall–Kier alpha value is -0.120. The minimum Gasteiger partial charge on any atom is -0.396 e. The van der Waals surface area contributed by atoms with Crippen molar-refractivity contribution in [3.63, 3.8) is 0 Å². The van der Waals surface area contributed by atoms with Gasteiger partial charge in [0.05, 0.1) is 6.61 Å². The lowest BCUT2D eigenvalue weighted by atomic mass is 9.97. The molecule has 3 nitrogen and oxygen atoms in total. The molecule has 2 aliphatic rings. The van der Waals surface area contributed by atoms with Crippen molar-refractivity contribution < 1.29 is 9.84 Å². The van der Waals surface area contributed by atoms with Crippen LogP contribution >= 0.6 is 0 Å². The summed E-state index contributed by atoms with van der Waals surface area (Å²) in [4.78, 5) is 2.53. The van der Waals surface area contributed by atoms with E-state index < -0.39 is 0 Å². The van der Waals surface area contributed by atoms with E-state index in [0.717, 1.165) is 19.1 Å². The first kappa shape index (κ1) is 10.4. The molecule has 1 unspecified atom stereocenters. The molecule has 0 radical (unpaired) electrons. The number of piperidine rings is 1. The molecule has 2 heterocycles. The predicted octanol–water partition coefficient (Wildman–Crippen LogP) is 0.727. The standard InChI is InChI=1S/C11H21NO2/c13-8-10-1-4-12(5-2-10)7-11-3-6-14-9-11/h10-11,13H,1-9H2. The van der Waals surface area contributed by atoms with E-state index in [4.69, 9.17) is 9.84 Å². The average Bonchev–Trinajstić information content (AvgIpc) is 2.72. The highest BCUT2D eigenvalue weighted by atomic mass is 16.5. The van der Waals surface area contributed by atoms with Crippen LogP contribution in [0.2, 0.25) is 0 Å². The van der Waals surface area contributed by atoms with Gasteiger partial charge in [0.1, 0.15) is 0 Å². The van der Waals surface area contributed by atoms with Crippen LogP contribution in [0.1, 0.15) is 19.3 Å². The number of nitrogens with zero attached hydrogens (tertiary/aromatic N) is 1. The molecule has 2 rings (SSSR count). The van der Waals surface area contributed by atoms with Crippen LogP contribution in [-0.4, -0.2) is 49.5 Å². The van der Waals surface area contributed by atoms with E-state index in [1.807, 2.05) is 0 Å². The Bertz CT molecular complexity index is 161. The normalized spacial score (nSPS) is 31.1. The van der Waals surface area contributed by atoms with Gasteiger partial charge in [-0.15, -0.1) is 0 Å². The zero-order valence-electron chi connectivity index (χ0n) is 8.82. The van der Waals surface area contributed by atoms with Crippen molar-refractivity contribution in [1.29, 1.82) is 0 Å². The molecule has 0 spiro atoms. The zero-order valence-corrected chi connectivity index (χ0v) is 8.82. The molecule has 0 saturated carbocycles. The van der Waals surface area contributed by atoms with Gasteiger partial charge >= 0.3 is 0 Å². The monoisotopic (exact) mass is 199 g/mol. The summed E-state index contributed by atoms with van der Waals surface area (Å²) in [6, 6.07) is 0. The van der Waals surface area contributed by atoms with Gasteiger partial charge in [0, 0.05) is 19.8 Å². The lowest BCUT2D eigenvalue weighted by molar-refractivity contribution is 0.113. The fraction of sp³-hybridized carbons (Fsp3) is 1.00. The number of aliphatic hydroxyl groups is 1. The summed E-state index contributed by atoms with van der Waals surface area (Å²) in [7, 11) is 0. The molecule has 2 aliphatic heterocycles. The van der Waals surface area contributed by atoms with E-state index in [-0.39, 0.29) is 0 Å². The number of likely N-dealkylation sites (tertiary alicyclic amines) is 1. The fourth-order valence-electron chi connectivity index (χ4n) is 2.44. The van der Waals surface area contributed by atoms with Crippen LogP contribution in [-0.2, 0) is 4.74 Å². The van der Waals surface area contributed by atoms with Gasteiger partial charge in [-0.05, 0) is 44.2 Å². The number of ether oxygens (including phenoxy) is 1. The van der Waals surface area contributed by atoms with Gasteiger partial charge in [-0.1, -0.05) is 0 Å². The van der Waals surface area contributed by atoms with Crippen molar-refractivity contribution in [2.45, 2.75) is 19.3 Å². The fourth-order valence-corrected chi connectivity index (χ4v) is 2.44. The molecule has 2 saturated heterocycles. The molecule has 1 N–H and O–H groups in total. The molecule has 3 heteroatoms. The van der Waals surface area contributed by atoms with E-state index >= 15 is 0 Å². The quantitative estimate of drug-likeness (QED) is 0.727. The maximum atomic E-state index is 9.02. The number of hydrogen-bond donors (Lipinski definition) is 1. The van der Waals surface area contributed by atoms with Crippen LogP contribution < -0.4 is 0 Å². The second kappa shape index (κ2) is 5.10. The van der Waals surface area contributed by atoms with Gasteiger partial charge in [-0.2, -0.15) is 0 Å². The third-order valence-electron chi connectivity index (χ3n) is 3.51. The van der Waals surface area contributed by atoms with Crippen LogP contribution in [0, 0.1) is 11.8 Å². The van der Waals surface area contributed by atoms with Crippen molar-refractivity contribution in [3.05, 3.63) is 0 Å². The van der Waals surface area contributed by atoms with Gasteiger partial charge in [0.15, 0.2) is 0 Å². The summed E-state index contributed by atoms with van der Waals surface area (Å²) >= 11 is 0. The first-order chi connectivity index (χ1) is 6.88. The van der Waals surface area contributed by atoms with E-state index in [9.17, 15) is 0 Å². The van der Waals surface area contributed by atoms with E-state index in [1.165, 1.54) is 38.9 Å². The topological polar surface area (TPSA) is 32.7 Å². The number of hydrogen-bond acceptors (Lipinski definition) is 3. The molecule has 1 atom stereocenters. The summed E-state index contributed by atoms with van der Waals surface area (Å²) in [5.41, 5.74) is 0. The highest BCUT2D eigenvalue weighted by Gasteiger charge is 2.23. The molecule has 2 fully saturated rings. The van der Waals surface area contributed by atoms with E-state index in [1.54, 1.807) is 0 Å². The molecule has 14 heavy (non-hydrogen) atoms. The van der Waals surface area contributed by atoms with Crippen LogP contribution in [0.5, 0.6) is 0 Å². The molecule has 0 aromatic heterocycles. The largest absolute Gasteiger partial charge is 0.396 e. The Balaban J connectivity index is 1.67. The van der Waals surface area contributed by atoms with E-state index in [2.05, 4.69) is 4.90 Å². The minimum atomic E-state index is 0.375. The first-order valence-electron chi connectivity index (χ1n) is 5.79. The van der Waals surface area contributed by atoms with Crippen molar-refractivity contribution in [2.75, 3.05) is 39.5 Å². The molecule has 0 aromatic rings. The summed E-state index contributed by atoms with van der Waals surface area (Å²) in [5.74, 6) is 1.33. The van der Waals surface area contributed by atoms with E-state index in [0.29, 0.717) is 12.5 Å². The number of aliphatic hydroxyl groups excluding tert-OH is 1.